The second-order valence-electron chi connectivity index (χ2n) is 2.29. The number of hydrogen-bond donors (Lipinski definition) is 0. The molecule has 1 aromatic heterocycles. The highest BCUT2D eigenvalue weighted by Crippen LogP contribution is 2.23. The molecule has 0 fully saturated rings. The van der Waals surface area contributed by atoms with Crippen LogP contribution in [0.2, 0.25) is 0 Å². The molecule has 0 saturated carbocycles. The first-order valence-electron chi connectivity index (χ1n) is 3.43. The van der Waals surface area contributed by atoms with Crippen LogP contribution >= 0.6 is 0 Å². The minimum Gasteiger partial charge on any atom is -0.425 e. The van der Waals surface area contributed by atoms with Gasteiger partial charge >= 0.3 is 6.47 Å². The maximum Gasteiger partial charge on any atom is 0.425 e. The van der Waals surface area contributed by atoms with Crippen LogP contribution in [-0.2, 0) is 4.79 Å². The van der Waals surface area contributed by atoms with E-state index in [9.17, 15) is 4.79 Å². The van der Waals surface area contributed by atoms with Crippen LogP contribution < -0.4 is 4.74 Å². The molecule has 0 aliphatic carbocycles. The second-order valence-corrected chi connectivity index (χ2v) is 2.29. The van der Waals surface area contributed by atoms with Gasteiger partial charge in [-0.3, -0.25) is 0 Å². The first-order chi connectivity index (χ1) is 5.90. The highest BCUT2D eigenvalue weighted by Gasteiger charge is 2.02. The number of fused-ring (bicyclic) bond motifs is 1. The molecule has 12 heavy (non-hydrogen) atoms. The van der Waals surface area contributed by atoms with Crippen LogP contribution in [0.3, 0.4) is 0 Å². The van der Waals surface area contributed by atoms with Crippen LogP contribution in [-0.4, -0.2) is 6.47 Å². The normalized spacial score (nSPS) is 10.0. The Morgan fingerprint density at radius 2 is 2.17 bits per heavy atom. The van der Waals surface area contributed by atoms with E-state index in [4.69, 9.17) is 4.42 Å². The Bertz CT molecular complexity index is 370. The first kappa shape index (κ1) is 6.91. The number of para-hydroxylation sites is 1. The van der Waals surface area contributed by atoms with E-state index in [1.807, 2.05) is 18.2 Å². The fourth-order valence-electron chi connectivity index (χ4n) is 1.05. The second kappa shape index (κ2) is 2.70. The van der Waals surface area contributed by atoms with Gasteiger partial charge < -0.3 is 9.15 Å². The predicted octanol–water partition coefficient (Wildman–Crippen LogP) is 1.88. The topological polar surface area (TPSA) is 39.4 Å². The van der Waals surface area contributed by atoms with Gasteiger partial charge in [-0.15, -0.1) is 0 Å². The summed E-state index contributed by atoms with van der Waals surface area (Å²) in [4.78, 5) is 9.84. The quantitative estimate of drug-likeness (QED) is 0.675. The van der Waals surface area contributed by atoms with Gasteiger partial charge in [-0.05, 0) is 6.07 Å². The lowest BCUT2D eigenvalue weighted by atomic mass is 10.3. The van der Waals surface area contributed by atoms with Crippen molar-refractivity contribution in [3.63, 3.8) is 0 Å². The monoisotopic (exact) mass is 161 g/mol. The third-order valence-corrected chi connectivity index (χ3v) is 1.55. The van der Waals surface area contributed by atoms with Crippen molar-refractivity contribution in [1.29, 1.82) is 0 Å². The molecule has 0 saturated heterocycles. The zero-order valence-corrected chi connectivity index (χ0v) is 6.11. The fourth-order valence-corrected chi connectivity index (χ4v) is 1.05. The number of rotatable bonds is 2. The Labute approximate surface area is 68.5 Å². The van der Waals surface area contributed by atoms with E-state index in [0.717, 1.165) is 5.39 Å². The Balaban J connectivity index is 2.54. The maximum atomic E-state index is 9.84. The van der Waals surface area contributed by atoms with Crippen molar-refractivity contribution in [1.82, 2.24) is 0 Å². The van der Waals surface area contributed by atoms with Crippen LogP contribution in [0.15, 0.2) is 34.7 Å². The van der Waals surface area contributed by atoms with E-state index in [-0.39, 0.29) is 5.95 Å². The maximum absolute atomic E-state index is 9.84. The molecule has 0 unspecified atom stereocenters. The van der Waals surface area contributed by atoms with Crippen LogP contribution in [0.5, 0.6) is 5.95 Å². The molecule has 2 aromatic rings. The Morgan fingerprint density at radius 3 is 2.92 bits per heavy atom. The lowest BCUT2D eigenvalue weighted by Gasteiger charge is -1.84. The van der Waals surface area contributed by atoms with E-state index in [1.54, 1.807) is 12.1 Å². The molecule has 2 rings (SSSR count). The molecule has 59 valence electrons. The van der Waals surface area contributed by atoms with E-state index < -0.39 is 0 Å². The van der Waals surface area contributed by atoms with Crippen LogP contribution in [0, 0.1) is 0 Å². The highest BCUT2D eigenvalue weighted by atomic mass is 16.6. The van der Waals surface area contributed by atoms with Crippen molar-refractivity contribution >= 4 is 17.4 Å². The number of ether oxygens (including phenoxy) is 1. The zero-order chi connectivity index (χ0) is 8.39. The molecule has 0 aliphatic heterocycles. The Kier molecular flexibility index (Phi) is 1.55. The molecular weight excluding hydrogens is 156 g/mol. The standard InChI is InChI=1S/C9H5O3/c10-6-11-9-5-7-3-1-2-4-8(7)12-9/h1-5H. The molecule has 3 nitrogen and oxygen atoms in total. The number of furan rings is 1. The van der Waals surface area contributed by atoms with Gasteiger partial charge in [0.05, 0.1) is 0 Å². The molecule has 0 atom stereocenters. The molecule has 3 heteroatoms. The van der Waals surface area contributed by atoms with Gasteiger partial charge in [0.2, 0.25) is 0 Å². The third kappa shape index (κ3) is 1.05. The van der Waals surface area contributed by atoms with Crippen LogP contribution in [0.4, 0.5) is 0 Å². The SMILES string of the molecule is O=[C]Oc1cc2ccccc2o1. The molecule has 0 spiro atoms. The van der Waals surface area contributed by atoms with Gasteiger partial charge in [-0.25, -0.2) is 4.79 Å². The summed E-state index contributed by atoms with van der Waals surface area (Å²) < 4.78 is 9.54. The van der Waals surface area contributed by atoms with E-state index in [2.05, 4.69) is 4.74 Å². The number of carbonyl (C=O) groups excluding carboxylic acids is 1. The van der Waals surface area contributed by atoms with E-state index in [1.165, 1.54) is 6.47 Å². The van der Waals surface area contributed by atoms with Crippen molar-refractivity contribution in [3.05, 3.63) is 30.3 Å². The lowest BCUT2D eigenvalue weighted by molar-refractivity contribution is 0.366. The van der Waals surface area contributed by atoms with Crippen molar-refractivity contribution in [2.45, 2.75) is 0 Å². The van der Waals surface area contributed by atoms with Crippen molar-refractivity contribution in [3.8, 4) is 5.95 Å². The molecule has 1 heterocycles. The minimum atomic E-state index is 0.172. The van der Waals surface area contributed by atoms with Crippen LogP contribution in [0.1, 0.15) is 0 Å². The van der Waals surface area contributed by atoms with E-state index in [0.29, 0.717) is 5.58 Å². The summed E-state index contributed by atoms with van der Waals surface area (Å²) in [5, 5.41) is 0.905. The molecule has 1 radical (unpaired) electrons. The summed E-state index contributed by atoms with van der Waals surface area (Å²) in [7, 11) is 0. The Morgan fingerprint density at radius 1 is 1.33 bits per heavy atom. The molecule has 0 N–H and O–H groups in total. The summed E-state index contributed by atoms with van der Waals surface area (Å²) in [6, 6.07) is 9.04. The van der Waals surface area contributed by atoms with Gasteiger partial charge in [0.25, 0.3) is 5.95 Å². The number of benzene rings is 1. The average Bonchev–Trinajstić information content (AvgIpc) is 2.47. The summed E-state index contributed by atoms with van der Waals surface area (Å²) in [6.07, 6.45) is 0. The first-order valence-corrected chi connectivity index (χ1v) is 3.43. The molecule has 0 amide bonds. The van der Waals surface area contributed by atoms with Gasteiger partial charge in [-0.2, -0.15) is 0 Å². The summed E-state index contributed by atoms with van der Waals surface area (Å²) in [6.45, 7) is 1.30. The van der Waals surface area contributed by atoms with Crippen molar-refractivity contribution in [2.24, 2.45) is 0 Å². The molecule has 1 aromatic carbocycles. The summed E-state index contributed by atoms with van der Waals surface area (Å²) in [5.74, 6) is 0.172. The van der Waals surface area contributed by atoms with Gasteiger partial charge in [-0.1, -0.05) is 18.2 Å². The smallest absolute Gasteiger partial charge is 0.425 e. The fraction of sp³-hybridized carbons (Fsp3) is 0. The van der Waals surface area contributed by atoms with Crippen molar-refractivity contribution in [2.75, 3.05) is 0 Å². The summed E-state index contributed by atoms with van der Waals surface area (Å²) in [5.41, 5.74) is 0.697. The van der Waals surface area contributed by atoms with Gasteiger partial charge in [0, 0.05) is 11.5 Å². The molecule has 0 bridgehead atoms. The third-order valence-electron chi connectivity index (χ3n) is 1.55. The number of hydrogen-bond acceptors (Lipinski definition) is 3. The Hall–Kier alpha value is -1.77. The summed E-state index contributed by atoms with van der Waals surface area (Å²) >= 11 is 0. The lowest BCUT2D eigenvalue weighted by Crippen LogP contribution is -1.83. The largest absolute Gasteiger partial charge is 0.425 e. The van der Waals surface area contributed by atoms with Gasteiger partial charge in [0.15, 0.2) is 0 Å². The minimum absolute atomic E-state index is 0.172. The van der Waals surface area contributed by atoms with E-state index >= 15 is 0 Å². The molecule has 0 aliphatic rings. The van der Waals surface area contributed by atoms with Gasteiger partial charge in [0.1, 0.15) is 5.58 Å². The van der Waals surface area contributed by atoms with Crippen molar-refractivity contribution < 1.29 is 13.9 Å². The highest BCUT2D eigenvalue weighted by molar-refractivity contribution is 5.78. The molecular formula is C9H5O3. The average molecular weight is 161 g/mol. The predicted molar refractivity (Wildman–Crippen MR) is 42.5 cm³/mol. The van der Waals surface area contributed by atoms with Crippen LogP contribution in [0.25, 0.3) is 11.0 Å². The zero-order valence-electron chi connectivity index (χ0n) is 6.11.